The molecule has 298 valence electrons. The van der Waals surface area contributed by atoms with Gasteiger partial charge in [-0.1, -0.05) is 145 Å². The van der Waals surface area contributed by atoms with Crippen molar-refractivity contribution in [3.05, 3.63) is 136 Å². The number of hydrogen-bond acceptors (Lipinski definition) is 0. The number of aryl methyl sites for hydroxylation is 1. The zero-order valence-corrected chi connectivity index (χ0v) is 38.2. The normalized spacial score (nSPS) is 15.1. The molecule has 0 atom stereocenters. The quantitative estimate of drug-likeness (QED) is 0.147. The van der Waals surface area contributed by atoms with E-state index >= 15 is 0 Å². The third-order valence-electron chi connectivity index (χ3n) is 14.2. The van der Waals surface area contributed by atoms with Gasteiger partial charge in [0.15, 0.2) is 0 Å². The highest BCUT2D eigenvalue weighted by molar-refractivity contribution is 6.99. The van der Waals surface area contributed by atoms with Crippen LogP contribution in [0.4, 0.5) is 0 Å². The molecule has 0 saturated carbocycles. The molecule has 4 heterocycles. The minimum Gasteiger partial charge on any atom is -0.310 e. The Bertz CT molecular complexity index is 3100. The number of benzene rings is 6. The molecule has 2 aliphatic rings. The SMILES string of the molecule is Cc1cc2c3c(c1)C(C)(C)c1cc4c(cc1B3c1cc(C(C)(C)C)cc3c5cc(C(C)(C)C)ccc5n-2c13)c1cc(C(C)(C)C)ccc1n4-c1ccc(C(C)(C)C)cc1. The number of hydrogen-bond donors (Lipinski definition) is 0. The van der Waals surface area contributed by atoms with Gasteiger partial charge in [0.05, 0.1) is 16.6 Å². The average Bonchev–Trinajstić information content (AvgIpc) is 3.65. The Balaban J connectivity index is 1.36. The highest BCUT2D eigenvalue weighted by Crippen LogP contribution is 2.45. The molecule has 0 aliphatic carbocycles. The van der Waals surface area contributed by atoms with Crippen LogP contribution in [0.5, 0.6) is 0 Å². The lowest BCUT2D eigenvalue weighted by Gasteiger charge is -2.42. The van der Waals surface area contributed by atoms with Crippen LogP contribution >= 0.6 is 0 Å². The van der Waals surface area contributed by atoms with Gasteiger partial charge in [-0.25, -0.2) is 0 Å². The monoisotopic (exact) mass is 772 g/mol. The first kappa shape index (κ1) is 38.2. The number of fused-ring (bicyclic) bond motifs is 10. The molecule has 6 aromatic carbocycles. The van der Waals surface area contributed by atoms with Crippen LogP contribution in [-0.4, -0.2) is 15.8 Å². The lowest BCUT2D eigenvalue weighted by atomic mass is 9.30. The van der Waals surface area contributed by atoms with Gasteiger partial charge in [-0.15, -0.1) is 0 Å². The van der Waals surface area contributed by atoms with Crippen molar-refractivity contribution in [1.29, 1.82) is 0 Å². The second kappa shape index (κ2) is 11.8. The van der Waals surface area contributed by atoms with Crippen LogP contribution in [0, 0.1) is 6.92 Å². The van der Waals surface area contributed by atoms with Crippen molar-refractivity contribution in [2.75, 3.05) is 0 Å². The summed E-state index contributed by atoms with van der Waals surface area (Å²) in [7, 11) is 0. The smallest absolute Gasteiger partial charge is 0.247 e. The van der Waals surface area contributed by atoms with Crippen molar-refractivity contribution in [2.45, 2.75) is 131 Å². The molecule has 3 heteroatoms. The first-order valence-electron chi connectivity index (χ1n) is 22.0. The molecular formula is C56H61BN2. The Kier molecular flexibility index (Phi) is 7.66. The van der Waals surface area contributed by atoms with E-state index in [1.165, 1.54) is 110 Å². The number of nitrogens with zero attached hydrogens (tertiary/aromatic N) is 2. The van der Waals surface area contributed by atoms with E-state index in [1.807, 2.05) is 0 Å². The molecule has 0 fully saturated rings. The first-order chi connectivity index (χ1) is 27.4. The van der Waals surface area contributed by atoms with Gasteiger partial charge in [-0.2, -0.15) is 0 Å². The van der Waals surface area contributed by atoms with Gasteiger partial charge in [-0.05, 0) is 133 Å². The highest BCUT2D eigenvalue weighted by Gasteiger charge is 2.46. The second-order valence-electron chi connectivity index (χ2n) is 22.9. The van der Waals surface area contributed by atoms with Gasteiger partial charge in [0.2, 0.25) is 6.71 Å². The van der Waals surface area contributed by atoms with E-state index in [9.17, 15) is 0 Å². The molecule has 8 aromatic rings. The summed E-state index contributed by atoms with van der Waals surface area (Å²) in [4.78, 5) is 0. The van der Waals surface area contributed by atoms with Crippen LogP contribution in [0.1, 0.15) is 136 Å². The maximum absolute atomic E-state index is 2.64. The summed E-state index contributed by atoms with van der Waals surface area (Å²) in [6, 6.07) is 39.2. The molecule has 0 saturated heterocycles. The summed E-state index contributed by atoms with van der Waals surface area (Å²) >= 11 is 0. The third kappa shape index (κ3) is 5.45. The lowest BCUT2D eigenvalue weighted by molar-refractivity contribution is 0.590. The first-order valence-corrected chi connectivity index (χ1v) is 22.0. The summed E-state index contributed by atoms with van der Waals surface area (Å²) in [5.74, 6) is 0. The zero-order valence-electron chi connectivity index (χ0n) is 38.2. The number of aromatic nitrogens is 2. The fourth-order valence-corrected chi connectivity index (χ4v) is 10.7. The van der Waals surface area contributed by atoms with E-state index < -0.39 is 0 Å². The van der Waals surface area contributed by atoms with Gasteiger partial charge in [-0.3, -0.25) is 0 Å². The minimum absolute atomic E-state index is 0.0167. The van der Waals surface area contributed by atoms with Gasteiger partial charge < -0.3 is 9.13 Å². The van der Waals surface area contributed by atoms with E-state index in [1.54, 1.807) is 0 Å². The predicted molar refractivity (Wildman–Crippen MR) is 258 cm³/mol. The number of rotatable bonds is 1. The van der Waals surface area contributed by atoms with Gasteiger partial charge in [0.1, 0.15) is 0 Å². The van der Waals surface area contributed by atoms with Gasteiger partial charge in [0, 0.05) is 43.9 Å². The van der Waals surface area contributed by atoms with E-state index in [0.717, 1.165) is 0 Å². The molecular weight excluding hydrogens is 711 g/mol. The molecule has 0 radical (unpaired) electrons. The summed E-state index contributed by atoms with van der Waals surface area (Å²) in [6.07, 6.45) is 0. The van der Waals surface area contributed by atoms with Crippen LogP contribution in [0.25, 0.3) is 55.0 Å². The van der Waals surface area contributed by atoms with Crippen molar-refractivity contribution in [3.63, 3.8) is 0 Å². The summed E-state index contributed by atoms with van der Waals surface area (Å²) in [5, 5.41) is 5.40. The molecule has 0 unspecified atom stereocenters. The third-order valence-corrected chi connectivity index (χ3v) is 14.2. The van der Waals surface area contributed by atoms with Crippen molar-refractivity contribution < 1.29 is 0 Å². The Morgan fingerprint density at radius 2 is 0.949 bits per heavy atom. The topological polar surface area (TPSA) is 9.86 Å². The molecule has 0 spiro atoms. The Hall–Kier alpha value is -5.02. The van der Waals surface area contributed by atoms with Crippen molar-refractivity contribution in [1.82, 2.24) is 9.13 Å². The van der Waals surface area contributed by atoms with E-state index in [2.05, 4.69) is 210 Å². The molecule has 59 heavy (non-hydrogen) atoms. The molecule has 0 N–H and O–H groups in total. The zero-order chi connectivity index (χ0) is 42.1. The fraction of sp³-hybridized carbons (Fsp3) is 0.357. The van der Waals surface area contributed by atoms with E-state index in [4.69, 9.17) is 0 Å². The molecule has 0 amide bonds. The lowest BCUT2D eigenvalue weighted by Crippen LogP contribution is -2.63. The van der Waals surface area contributed by atoms with Gasteiger partial charge in [0.25, 0.3) is 0 Å². The summed E-state index contributed by atoms with van der Waals surface area (Å²) in [5.41, 5.74) is 21.8. The van der Waals surface area contributed by atoms with Crippen molar-refractivity contribution in [3.8, 4) is 11.4 Å². The Morgan fingerprint density at radius 1 is 0.441 bits per heavy atom. The van der Waals surface area contributed by atoms with E-state index in [-0.39, 0.29) is 33.8 Å². The van der Waals surface area contributed by atoms with E-state index in [0.29, 0.717) is 0 Å². The molecule has 2 nitrogen and oxygen atoms in total. The molecule has 2 aliphatic heterocycles. The van der Waals surface area contributed by atoms with Crippen molar-refractivity contribution >= 4 is 66.7 Å². The largest absolute Gasteiger partial charge is 0.310 e. The standard InChI is InChI=1S/C56H61BN2/c1-32-24-43-50-49(25-32)59-47-23-19-35(54(8,9)10)27-39(47)41-28-36(55(11,12)13)29-45(51(41)59)57(50)44-30-40-38-26-34(53(5,6)7)18-22-46(38)58(48(40)31-42(44)56(43,14)15)37-20-16-33(17-21-37)52(2,3)4/h16-31H,1-15H3. The van der Waals surface area contributed by atoms with Crippen LogP contribution in [0.3, 0.4) is 0 Å². The van der Waals surface area contributed by atoms with Crippen molar-refractivity contribution in [2.24, 2.45) is 0 Å². The van der Waals surface area contributed by atoms with Crippen LogP contribution in [-0.2, 0) is 27.1 Å². The molecule has 2 aromatic heterocycles. The predicted octanol–water partition coefficient (Wildman–Crippen LogP) is 12.8. The Morgan fingerprint density at radius 3 is 1.53 bits per heavy atom. The summed E-state index contributed by atoms with van der Waals surface area (Å²) in [6.45, 7) is 35.4. The molecule has 0 bridgehead atoms. The summed E-state index contributed by atoms with van der Waals surface area (Å²) < 4.78 is 5.19. The second-order valence-corrected chi connectivity index (χ2v) is 22.9. The fourth-order valence-electron chi connectivity index (χ4n) is 10.7. The van der Waals surface area contributed by atoms with Crippen LogP contribution in [0.2, 0.25) is 0 Å². The molecule has 10 rings (SSSR count). The van der Waals surface area contributed by atoms with Crippen LogP contribution < -0.4 is 16.4 Å². The maximum atomic E-state index is 2.64. The minimum atomic E-state index is -0.231. The maximum Gasteiger partial charge on any atom is 0.247 e. The average molecular weight is 773 g/mol. The van der Waals surface area contributed by atoms with Crippen LogP contribution in [0.15, 0.2) is 97.1 Å². The highest BCUT2D eigenvalue weighted by atomic mass is 15.0. The van der Waals surface area contributed by atoms with Gasteiger partial charge >= 0.3 is 0 Å². The Labute approximate surface area is 352 Å².